The molecule has 1 aromatic heterocycles. The number of rotatable bonds is 3. The third-order valence-corrected chi connectivity index (χ3v) is 2.19. The Hall–Kier alpha value is -1.50. The molecule has 0 saturated heterocycles. The van der Waals surface area contributed by atoms with Crippen molar-refractivity contribution in [1.82, 2.24) is 9.78 Å². The molecular weight excluding hydrogens is 176 g/mol. The Bertz CT molecular complexity index is 345. The van der Waals surface area contributed by atoms with Gasteiger partial charge >= 0.3 is 0 Å². The average molecular weight is 192 g/mol. The summed E-state index contributed by atoms with van der Waals surface area (Å²) in [6.07, 6.45) is 2.61. The normalized spacial score (nSPS) is 13.6. The van der Waals surface area contributed by atoms with Gasteiger partial charge in [-0.25, -0.2) is 0 Å². The van der Waals surface area contributed by atoms with Gasteiger partial charge in [0, 0.05) is 6.20 Å². The molecule has 14 heavy (non-hydrogen) atoms. The fourth-order valence-electron chi connectivity index (χ4n) is 1.48. The van der Waals surface area contributed by atoms with Crippen LogP contribution in [0.2, 0.25) is 0 Å². The average Bonchev–Trinajstić information content (AvgIpc) is 2.51. The van der Waals surface area contributed by atoms with Crippen molar-refractivity contribution in [2.75, 3.05) is 5.73 Å². The lowest BCUT2D eigenvalue weighted by Gasteiger charge is -2.20. The molecule has 1 atom stereocenters. The Morgan fingerprint density at radius 1 is 1.71 bits per heavy atom. The number of nitrogens with two attached hydrogens (primary N) is 1. The molecule has 0 bridgehead atoms. The van der Waals surface area contributed by atoms with Crippen molar-refractivity contribution in [2.24, 2.45) is 5.41 Å². The molecule has 1 aromatic rings. The molecule has 1 unspecified atom stereocenters. The molecule has 0 spiro atoms. The predicted molar refractivity (Wildman–Crippen MR) is 55.4 cm³/mol. The van der Waals surface area contributed by atoms with E-state index < -0.39 is 0 Å². The van der Waals surface area contributed by atoms with Gasteiger partial charge in [0.05, 0.1) is 17.5 Å². The first-order valence-electron chi connectivity index (χ1n) is 4.66. The Balaban J connectivity index is 2.69. The lowest BCUT2D eigenvalue weighted by Crippen LogP contribution is -2.16. The van der Waals surface area contributed by atoms with E-state index in [9.17, 15) is 0 Å². The maximum absolute atomic E-state index is 8.89. The number of hydrogen-bond acceptors (Lipinski definition) is 3. The Kier molecular flexibility index (Phi) is 2.80. The second-order valence-electron chi connectivity index (χ2n) is 4.27. The van der Waals surface area contributed by atoms with Crippen molar-refractivity contribution >= 4 is 5.82 Å². The van der Waals surface area contributed by atoms with E-state index in [0.29, 0.717) is 5.82 Å². The highest BCUT2D eigenvalue weighted by atomic mass is 15.3. The van der Waals surface area contributed by atoms with E-state index in [1.54, 1.807) is 10.7 Å². The molecule has 0 fully saturated rings. The largest absolute Gasteiger partial charge is 0.382 e. The summed E-state index contributed by atoms with van der Waals surface area (Å²) < 4.78 is 1.80. The Morgan fingerprint density at radius 3 is 2.79 bits per heavy atom. The molecule has 0 aliphatic rings. The Morgan fingerprint density at radius 2 is 2.36 bits per heavy atom. The van der Waals surface area contributed by atoms with E-state index in [4.69, 9.17) is 11.0 Å². The quantitative estimate of drug-likeness (QED) is 0.796. The first-order chi connectivity index (χ1) is 6.44. The maximum atomic E-state index is 8.89. The predicted octanol–water partition coefficient (Wildman–Crippen LogP) is 1.97. The summed E-state index contributed by atoms with van der Waals surface area (Å²) in [6.45, 7) is 5.89. The molecule has 4 nitrogen and oxygen atoms in total. The van der Waals surface area contributed by atoms with Gasteiger partial charge in [0.15, 0.2) is 0 Å². The molecule has 0 radical (unpaired) electrons. The molecule has 0 aliphatic carbocycles. The van der Waals surface area contributed by atoms with E-state index >= 15 is 0 Å². The lowest BCUT2D eigenvalue weighted by molar-refractivity contribution is 0.337. The van der Waals surface area contributed by atoms with Gasteiger partial charge in [-0.3, -0.25) is 4.68 Å². The monoisotopic (exact) mass is 192 g/mol. The van der Waals surface area contributed by atoms with Gasteiger partial charge in [0.25, 0.3) is 0 Å². The van der Waals surface area contributed by atoms with E-state index in [0.717, 1.165) is 6.42 Å². The third kappa shape index (κ3) is 2.49. The number of hydrogen-bond donors (Lipinski definition) is 1. The van der Waals surface area contributed by atoms with Gasteiger partial charge < -0.3 is 5.73 Å². The SMILES string of the molecule is CC(CC(C)(C)C#N)n1ccc(N)n1. The molecular formula is C10H16N4. The number of aromatic nitrogens is 2. The molecule has 0 aromatic carbocycles. The first-order valence-corrected chi connectivity index (χ1v) is 4.66. The molecule has 0 saturated carbocycles. The van der Waals surface area contributed by atoms with Gasteiger partial charge in [-0.2, -0.15) is 10.4 Å². The zero-order valence-corrected chi connectivity index (χ0v) is 8.86. The third-order valence-electron chi connectivity index (χ3n) is 2.19. The minimum absolute atomic E-state index is 0.196. The van der Waals surface area contributed by atoms with Gasteiger partial charge in [-0.05, 0) is 33.3 Å². The minimum atomic E-state index is -0.319. The first kappa shape index (κ1) is 10.6. The number of nitrogen functional groups attached to an aromatic ring is 1. The van der Waals surface area contributed by atoms with E-state index in [1.165, 1.54) is 0 Å². The highest BCUT2D eigenvalue weighted by Crippen LogP contribution is 2.26. The highest BCUT2D eigenvalue weighted by Gasteiger charge is 2.21. The van der Waals surface area contributed by atoms with E-state index in [1.807, 2.05) is 27.0 Å². The zero-order valence-electron chi connectivity index (χ0n) is 8.86. The van der Waals surface area contributed by atoms with Crippen LogP contribution in [-0.2, 0) is 0 Å². The van der Waals surface area contributed by atoms with Crippen molar-refractivity contribution in [3.05, 3.63) is 12.3 Å². The smallest absolute Gasteiger partial charge is 0.145 e. The van der Waals surface area contributed by atoms with Crippen molar-refractivity contribution in [1.29, 1.82) is 5.26 Å². The molecule has 0 aliphatic heterocycles. The molecule has 1 heterocycles. The zero-order chi connectivity index (χ0) is 10.8. The lowest BCUT2D eigenvalue weighted by atomic mass is 9.88. The van der Waals surface area contributed by atoms with Crippen LogP contribution < -0.4 is 5.73 Å². The van der Waals surface area contributed by atoms with E-state index in [2.05, 4.69) is 11.2 Å². The summed E-state index contributed by atoms with van der Waals surface area (Å²) in [7, 11) is 0. The summed E-state index contributed by atoms with van der Waals surface area (Å²) in [6, 6.07) is 4.23. The summed E-state index contributed by atoms with van der Waals surface area (Å²) in [5.74, 6) is 0.520. The van der Waals surface area contributed by atoms with Crippen LogP contribution in [0.3, 0.4) is 0 Å². The highest BCUT2D eigenvalue weighted by molar-refractivity contribution is 5.24. The van der Waals surface area contributed by atoms with Crippen LogP contribution in [0.15, 0.2) is 12.3 Å². The number of anilines is 1. The van der Waals surface area contributed by atoms with Crippen LogP contribution in [-0.4, -0.2) is 9.78 Å². The maximum Gasteiger partial charge on any atom is 0.145 e. The number of nitrogens with zero attached hydrogens (tertiary/aromatic N) is 3. The summed E-state index contributed by atoms with van der Waals surface area (Å²) in [4.78, 5) is 0. The summed E-state index contributed by atoms with van der Waals surface area (Å²) in [5.41, 5.74) is 5.20. The van der Waals surface area contributed by atoms with E-state index in [-0.39, 0.29) is 11.5 Å². The number of nitriles is 1. The van der Waals surface area contributed by atoms with Crippen LogP contribution in [0.1, 0.15) is 33.2 Å². The molecule has 76 valence electrons. The van der Waals surface area contributed by atoms with Crippen molar-refractivity contribution in [3.63, 3.8) is 0 Å². The van der Waals surface area contributed by atoms with Crippen LogP contribution in [0.5, 0.6) is 0 Å². The second kappa shape index (κ2) is 3.70. The molecule has 4 heteroatoms. The fraction of sp³-hybridized carbons (Fsp3) is 0.600. The summed E-state index contributed by atoms with van der Waals surface area (Å²) >= 11 is 0. The van der Waals surface area contributed by atoms with Crippen LogP contribution in [0.25, 0.3) is 0 Å². The van der Waals surface area contributed by atoms with Crippen LogP contribution in [0, 0.1) is 16.7 Å². The van der Waals surface area contributed by atoms with Crippen molar-refractivity contribution in [2.45, 2.75) is 33.2 Å². The van der Waals surface area contributed by atoms with Gasteiger partial charge in [0.1, 0.15) is 5.82 Å². The molecule has 2 N–H and O–H groups in total. The fourth-order valence-corrected chi connectivity index (χ4v) is 1.48. The summed E-state index contributed by atoms with van der Waals surface area (Å²) in [5, 5.41) is 13.0. The standard InChI is InChI=1S/C10H16N4/c1-8(6-10(2,3)7-11)14-5-4-9(12)13-14/h4-5,8H,6H2,1-3H3,(H2,12,13). The van der Waals surface area contributed by atoms with Gasteiger partial charge in [-0.1, -0.05) is 0 Å². The Labute approximate surface area is 84.3 Å². The molecule has 0 amide bonds. The van der Waals surface area contributed by atoms with Gasteiger partial charge in [-0.15, -0.1) is 0 Å². The van der Waals surface area contributed by atoms with Crippen molar-refractivity contribution < 1.29 is 0 Å². The van der Waals surface area contributed by atoms with Crippen molar-refractivity contribution in [3.8, 4) is 6.07 Å². The minimum Gasteiger partial charge on any atom is -0.382 e. The van der Waals surface area contributed by atoms with Crippen LogP contribution >= 0.6 is 0 Å². The second-order valence-corrected chi connectivity index (χ2v) is 4.27. The van der Waals surface area contributed by atoms with Crippen LogP contribution in [0.4, 0.5) is 5.82 Å². The molecule has 1 rings (SSSR count). The van der Waals surface area contributed by atoms with Gasteiger partial charge in [0.2, 0.25) is 0 Å². The topological polar surface area (TPSA) is 67.6 Å².